The molecule has 2 nitrogen and oxygen atoms in total. The molecule has 2 aromatic rings. The fourth-order valence-electron chi connectivity index (χ4n) is 1.76. The number of pyridine rings is 1. The first-order valence-corrected chi connectivity index (χ1v) is 7.08. The van der Waals surface area contributed by atoms with Gasteiger partial charge in [-0.3, -0.25) is 0 Å². The van der Waals surface area contributed by atoms with Crippen LogP contribution in [0.4, 0.5) is 10.2 Å². The van der Waals surface area contributed by atoms with Crippen molar-refractivity contribution in [2.45, 2.75) is 12.5 Å². The molecule has 0 fully saturated rings. The van der Waals surface area contributed by atoms with Gasteiger partial charge in [-0.25, -0.2) is 9.37 Å². The maximum atomic E-state index is 13.8. The zero-order valence-corrected chi connectivity index (χ0v) is 12.7. The number of alkyl halides is 1. The molecule has 2 rings (SSSR count). The van der Waals surface area contributed by atoms with Gasteiger partial charge in [0.1, 0.15) is 0 Å². The van der Waals surface area contributed by atoms with E-state index in [1.165, 1.54) is 6.07 Å². The van der Waals surface area contributed by atoms with Crippen LogP contribution in [0.25, 0.3) is 0 Å². The van der Waals surface area contributed by atoms with E-state index in [2.05, 4.69) is 26.2 Å². The monoisotopic (exact) mass is 342 g/mol. The summed E-state index contributed by atoms with van der Waals surface area (Å²) in [6, 6.07) is 11.0. The van der Waals surface area contributed by atoms with Gasteiger partial charge in [-0.2, -0.15) is 0 Å². The SMILES string of the molecule is CC(CCl)(Nc1ncc(Br)cc1F)c1ccccc1. The standard InChI is InChI=1S/C14H13BrClFN2/c1-14(9-16,10-5-3-2-4-6-10)19-13-12(17)7-11(15)8-18-13/h2-8H,9H2,1H3,(H,18,19). The van der Waals surface area contributed by atoms with E-state index in [1.807, 2.05) is 37.3 Å². The molecule has 0 aliphatic carbocycles. The van der Waals surface area contributed by atoms with Crippen molar-refractivity contribution in [2.24, 2.45) is 0 Å². The lowest BCUT2D eigenvalue weighted by Crippen LogP contribution is -2.34. The van der Waals surface area contributed by atoms with E-state index in [0.717, 1.165) is 5.56 Å². The lowest BCUT2D eigenvalue weighted by atomic mass is 9.94. The number of hydrogen-bond acceptors (Lipinski definition) is 2. The molecule has 0 aliphatic rings. The zero-order chi connectivity index (χ0) is 13.9. The molecule has 0 aliphatic heterocycles. The van der Waals surface area contributed by atoms with Gasteiger partial charge in [0.25, 0.3) is 0 Å². The molecule has 1 N–H and O–H groups in total. The highest BCUT2D eigenvalue weighted by molar-refractivity contribution is 9.10. The van der Waals surface area contributed by atoms with E-state index < -0.39 is 11.4 Å². The molecule has 0 radical (unpaired) electrons. The topological polar surface area (TPSA) is 24.9 Å². The van der Waals surface area contributed by atoms with Crippen molar-refractivity contribution in [1.29, 1.82) is 0 Å². The Morgan fingerprint density at radius 2 is 2.05 bits per heavy atom. The van der Waals surface area contributed by atoms with Crippen molar-refractivity contribution in [3.05, 3.63) is 58.4 Å². The molecular formula is C14H13BrClFN2. The summed E-state index contributed by atoms with van der Waals surface area (Å²) in [5, 5.41) is 3.08. The number of nitrogens with one attached hydrogen (secondary N) is 1. The number of aromatic nitrogens is 1. The molecule has 0 bridgehead atoms. The van der Waals surface area contributed by atoms with Crippen LogP contribution in [-0.2, 0) is 5.54 Å². The number of rotatable bonds is 4. The van der Waals surface area contributed by atoms with Gasteiger partial charge in [-0.05, 0) is 34.5 Å². The van der Waals surface area contributed by atoms with Gasteiger partial charge >= 0.3 is 0 Å². The molecule has 1 aromatic carbocycles. The van der Waals surface area contributed by atoms with Gasteiger partial charge < -0.3 is 5.32 Å². The largest absolute Gasteiger partial charge is 0.357 e. The molecule has 1 unspecified atom stereocenters. The third-order valence-electron chi connectivity index (χ3n) is 2.88. The van der Waals surface area contributed by atoms with Crippen LogP contribution in [0.1, 0.15) is 12.5 Å². The second kappa shape index (κ2) is 5.88. The van der Waals surface area contributed by atoms with E-state index in [4.69, 9.17) is 11.6 Å². The summed E-state index contributed by atoms with van der Waals surface area (Å²) >= 11 is 9.24. The van der Waals surface area contributed by atoms with Crippen LogP contribution in [0, 0.1) is 5.82 Å². The van der Waals surface area contributed by atoms with Crippen molar-refractivity contribution in [3.8, 4) is 0 Å². The summed E-state index contributed by atoms with van der Waals surface area (Å²) in [6.07, 6.45) is 1.55. The third kappa shape index (κ3) is 3.25. The number of anilines is 1. The van der Waals surface area contributed by atoms with Crippen LogP contribution in [0.15, 0.2) is 47.1 Å². The number of benzene rings is 1. The van der Waals surface area contributed by atoms with Gasteiger partial charge in [-0.15, -0.1) is 11.6 Å². The van der Waals surface area contributed by atoms with Crippen LogP contribution in [-0.4, -0.2) is 10.9 Å². The second-order valence-electron chi connectivity index (χ2n) is 4.44. The van der Waals surface area contributed by atoms with Crippen LogP contribution in [0.5, 0.6) is 0 Å². The molecular weight excluding hydrogens is 331 g/mol. The summed E-state index contributed by atoms with van der Waals surface area (Å²) in [5.74, 6) is 0.0747. The normalized spacial score (nSPS) is 13.9. The highest BCUT2D eigenvalue weighted by Gasteiger charge is 2.26. The van der Waals surface area contributed by atoms with Gasteiger partial charge in [0.15, 0.2) is 11.6 Å². The fourth-order valence-corrected chi connectivity index (χ4v) is 2.28. The van der Waals surface area contributed by atoms with E-state index in [1.54, 1.807) is 6.20 Å². The molecule has 1 aromatic heterocycles. The van der Waals surface area contributed by atoms with Crippen molar-refractivity contribution >= 4 is 33.3 Å². The zero-order valence-electron chi connectivity index (χ0n) is 10.3. The summed E-state index contributed by atoms with van der Waals surface area (Å²) < 4.78 is 14.4. The Kier molecular flexibility index (Phi) is 4.42. The highest BCUT2D eigenvalue weighted by Crippen LogP contribution is 2.28. The summed E-state index contributed by atoms with van der Waals surface area (Å²) in [6.45, 7) is 1.92. The minimum absolute atomic E-state index is 0.190. The Morgan fingerprint density at radius 3 is 2.63 bits per heavy atom. The predicted octanol–water partition coefficient (Wildman–Crippen LogP) is 4.55. The smallest absolute Gasteiger partial charge is 0.166 e. The summed E-state index contributed by atoms with van der Waals surface area (Å²) in [4.78, 5) is 4.04. The van der Waals surface area contributed by atoms with E-state index >= 15 is 0 Å². The first-order chi connectivity index (χ1) is 9.05. The number of nitrogens with zero attached hydrogens (tertiary/aromatic N) is 1. The minimum atomic E-state index is -0.579. The van der Waals surface area contributed by atoms with Gasteiger partial charge in [0.05, 0.1) is 5.54 Å². The first kappa shape index (κ1) is 14.3. The molecule has 0 amide bonds. The van der Waals surface area contributed by atoms with Gasteiger partial charge in [0, 0.05) is 16.5 Å². The molecule has 19 heavy (non-hydrogen) atoms. The molecule has 0 saturated heterocycles. The van der Waals surface area contributed by atoms with Gasteiger partial charge in [0.2, 0.25) is 0 Å². The number of hydrogen-bond donors (Lipinski definition) is 1. The molecule has 0 saturated carbocycles. The average molecular weight is 344 g/mol. The molecule has 0 spiro atoms. The molecule has 5 heteroatoms. The van der Waals surface area contributed by atoms with Crippen LogP contribution >= 0.6 is 27.5 Å². The summed E-state index contributed by atoms with van der Waals surface area (Å²) in [7, 11) is 0. The van der Waals surface area contributed by atoms with Crippen LogP contribution in [0.2, 0.25) is 0 Å². The lowest BCUT2D eigenvalue weighted by molar-refractivity contribution is 0.581. The highest BCUT2D eigenvalue weighted by atomic mass is 79.9. The molecule has 1 atom stereocenters. The molecule has 100 valence electrons. The van der Waals surface area contributed by atoms with Crippen molar-refractivity contribution < 1.29 is 4.39 Å². The first-order valence-electron chi connectivity index (χ1n) is 5.76. The van der Waals surface area contributed by atoms with E-state index in [-0.39, 0.29) is 5.82 Å². The quantitative estimate of drug-likeness (QED) is 0.824. The van der Waals surface area contributed by atoms with Crippen molar-refractivity contribution in [2.75, 3.05) is 11.2 Å². The minimum Gasteiger partial charge on any atom is -0.357 e. The van der Waals surface area contributed by atoms with Crippen LogP contribution in [0.3, 0.4) is 0 Å². The fraction of sp³-hybridized carbons (Fsp3) is 0.214. The Labute approximate surface area is 125 Å². The predicted molar refractivity (Wildman–Crippen MR) is 80.0 cm³/mol. The second-order valence-corrected chi connectivity index (χ2v) is 5.62. The number of halogens is 3. The average Bonchev–Trinajstić information content (AvgIpc) is 2.43. The lowest BCUT2D eigenvalue weighted by Gasteiger charge is -2.30. The Hall–Kier alpha value is -1.13. The Morgan fingerprint density at radius 1 is 1.37 bits per heavy atom. The maximum absolute atomic E-state index is 13.8. The Bertz CT molecular complexity index is 565. The van der Waals surface area contributed by atoms with Crippen molar-refractivity contribution in [3.63, 3.8) is 0 Å². The van der Waals surface area contributed by atoms with Gasteiger partial charge in [-0.1, -0.05) is 30.3 Å². The van der Waals surface area contributed by atoms with Crippen LogP contribution < -0.4 is 5.32 Å². The molecule has 1 heterocycles. The van der Waals surface area contributed by atoms with Crippen molar-refractivity contribution in [1.82, 2.24) is 4.98 Å². The summed E-state index contributed by atoms with van der Waals surface area (Å²) in [5.41, 5.74) is 0.402. The Balaban J connectivity index is 2.33. The van der Waals surface area contributed by atoms with E-state index in [9.17, 15) is 4.39 Å². The maximum Gasteiger partial charge on any atom is 0.166 e. The third-order valence-corrected chi connectivity index (χ3v) is 3.85. The van der Waals surface area contributed by atoms with E-state index in [0.29, 0.717) is 10.4 Å².